The molecule has 7 nitrogen and oxygen atoms in total. The van der Waals surface area contributed by atoms with E-state index in [1.165, 1.54) is 35.9 Å². The molecule has 0 amide bonds. The molecule has 0 unspecified atom stereocenters. The number of nitriles is 1. The minimum atomic E-state index is -4.47. The van der Waals surface area contributed by atoms with E-state index in [4.69, 9.17) is 10.00 Å². The van der Waals surface area contributed by atoms with Gasteiger partial charge in [0.05, 0.1) is 19.3 Å². The Bertz CT molecular complexity index is 810. The average molecular weight is 340 g/mol. The third-order valence-corrected chi connectivity index (χ3v) is 2.85. The summed E-state index contributed by atoms with van der Waals surface area (Å²) in [6.45, 7) is -1.54. The molecule has 0 atom stereocenters. The summed E-state index contributed by atoms with van der Waals surface area (Å²) in [4.78, 5) is 11.9. The number of alkyl halides is 3. The molecule has 2 heterocycles. The van der Waals surface area contributed by atoms with Crippen molar-refractivity contribution in [2.24, 2.45) is 0 Å². The van der Waals surface area contributed by atoms with Crippen molar-refractivity contribution in [1.82, 2.24) is 14.8 Å². The highest BCUT2D eigenvalue weighted by Crippen LogP contribution is 2.18. The van der Waals surface area contributed by atoms with Crippen LogP contribution in [0.3, 0.4) is 0 Å². The van der Waals surface area contributed by atoms with E-state index in [-0.39, 0.29) is 29.6 Å². The molecule has 0 aromatic carbocycles. The molecule has 24 heavy (non-hydrogen) atoms. The number of aromatic nitrogens is 3. The largest absolute Gasteiger partial charge is 0.481 e. The number of hydrogen-bond acceptors (Lipinski definition) is 6. The van der Waals surface area contributed by atoms with Crippen LogP contribution in [0.5, 0.6) is 11.8 Å². The van der Waals surface area contributed by atoms with Crippen LogP contribution >= 0.6 is 0 Å². The SMILES string of the molecule is COc1c(C#N)ccc(=O)n1Cc1ccc(OCC(F)(F)F)nn1. The zero-order valence-corrected chi connectivity index (χ0v) is 12.4. The van der Waals surface area contributed by atoms with E-state index >= 15 is 0 Å². The van der Waals surface area contributed by atoms with Crippen molar-refractivity contribution < 1.29 is 22.6 Å². The van der Waals surface area contributed by atoms with E-state index in [2.05, 4.69) is 14.9 Å². The van der Waals surface area contributed by atoms with Gasteiger partial charge in [-0.3, -0.25) is 9.36 Å². The fourth-order valence-electron chi connectivity index (χ4n) is 1.84. The molecule has 0 spiro atoms. The van der Waals surface area contributed by atoms with Gasteiger partial charge in [-0.25, -0.2) is 0 Å². The summed E-state index contributed by atoms with van der Waals surface area (Å²) >= 11 is 0. The Morgan fingerprint density at radius 3 is 2.54 bits per heavy atom. The third-order valence-electron chi connectivity index (χ3n) is 2.85. The maximum Gasteiger partial charge on any atom is 0.422 e. The van der Waals surface area contributed by atoms with Crippen LogP contribution in [0.2, 0.25) is 0 Å². The van der Waals surface area contributed by atoms with Gasteiger partial charge in [-0.05, 0) is 12.1 Å². The second-order valence-corrected chi connectivity index (χ2v) is 4.56. The first kappa shape index (κ1) is 17.3. The highest BCUT2D eigenvalue weighted by molar-refractivity contribution is 5.38. The third kappa shape index (κ3) is 4.22. The smallest absolute Gasteiger partial charge is 0.422 e. The quantitative estimate of drug-likeness (QED) is 0.819. The maximum absolute atomic E-state index is 12.1. The van der Waals surface area contributed by atoms with Crippen molar-refractivity contribution in [2.45, 2.75) is 12.7 Å². The summed E-state index contributed by atoms with van der Waals surface area (Å²) in [6.07, 6.45) is -4.47. The van der Waals surface area contributed by atoms with Gasteiger partial charge in [-0.2, -0.15) is 18.4 Å². The number of halogens is 3. The van der Waals surface area contributed by atoms with E-state index in [0.29, 0.717) is 0 Å². The first-order valence-electron chi connectivity index (χ1n) is 6.54. The van der Waals surface area contributed by atoms with Crippen molar-refractivity contribution >= 4 is 0 Å². The summed E-state index contributed by atoms with van der Waals surface area (Å²) in [5.74, 6) is -0.231. The standard InChI is InChI=1S/C14H11F3N4O3/c1-23-13-9(6-18)2-5-12(22)21(13)7-10-3-4-11(20-19-10)24-8-14(15,16)17/h2-5H,7-8H2,1H3. The zero-order valence-electron chi connectivity index (χ0n) is 12.4. The minimum Gasteiger partial charge on any atom is -0.481 e. The molecule has 0 radical (unpaired) electrons. The molecule has 0 aliphatic carbocycles. The molecule has 0 bridgehead atoms. The molecule has 0 N–H and O–H groups in total. The molecule has 0 aliphatic heterocycles. The van der Waals surface area contributed by atoms with Crippen molar-refractivity contribution in [2.75, 3.05) is 13.7 Å². The van der Waals surface area contributed by atoms with Gasteiger partial charge in [0.25, 0.3) is 5.56 Å². The van der Waals surface area contributed by atoms with Crippen LogP contribution in [-0.4, -0.2) is 34.7 Å². The summed E-state index contributed by atoms with van der Waals surface area (Å²) in [5.41, 5.74) is 0.0186. The van der Waals surface area contributed by atoms with Gasteiger partial charge < -0.3 is 9.47 Å². The normalized spacial score (nSPS) is 11.0. The van der Waals surface area contributed by atoms with Gasteiger partial charge in [0, 0.05) is 12.1 Å². The Morgan fingerprint density at radius 1 is 1.25 bits per heavy atom. The van der Waals surface area contributed by atoms with Crippen LogP contribution in [0.25, 0.3) is 0 Å². The van der Waals surface area contributed by atoms with Crippen LogP contribution in [0.15, 0.2) is 29.1 Å². The lowest BCUT2D eigenvalue weighted by molar-refractivity contribution is -0.154. The molecule has 126 valence electrons. The van der Waals surface area contributed by atoms with Crippen LogP contribution < -0.4 is 15.0 Å². The van der Waals surface area contributed by atoms with Gasteiger partial charge in [0.2, 0.25) is 11.8 Å². The Hall–Kier alpha value is -3.09. The van der Waals surface area contributed by atoms with Crippen LogP contribution in [0.4, 0.5) is 13.2 Å². The second kappa shape index (κ2) is 6.99. The van der Waals surface area contributed by atoms with E-state index < -0.39 is 18.3 Å². The monoisotopic (exact) mass is 340 g/mol. The van der Waals surface area contributed by atoms with Gasteiger partial charge in [0.1, 0.15) is 11.6 Å². The van der Waals surface area contributed by atoms with Crippen LogP contribution in [0, 0.1) is 11.3 Å². The molecule has 0 fully saturated rings. The molecule has 0 saturated carbocycles. The number of pyridine rings is 1. The molecular formula is C14H11F3N4O3. The van der Waals surface area contributed by atoms with Gasteiger partial charge in [0.15, 0.2) is 6.61 Å². The Balaban J connectivity index is 2.21. The lowest BCUT2D eigenvalue weighted by Gasteiger charge is -2.12. The Morgan fingerprint density at radius 2 is 2.00 bits per heavy atom. The van der Waals surface area contributed by atoms with Crippen molar-refractivity contribution in [3.63, 3.8) is 0 Å². The van der Waals surface area contributed by atoms with Gasteiger partial charge in [-0.1, -0.05) is 0 Å². The number of hydrogen-bond donors (Lipinski definition) is 0. The van der Waals surface area contributed by atoms with Crippen LogP contribution in [-0.2, 0) is 6.54 Å². The average Bonchev–Trinajstić information content (AvgIpc) is 2.55. The number of rotatable bonds is 5. The highest BCUT2D eigenvalue weighted by atomic mass is 19.4. The molecule has 2 rings (SSSR count). The fourth-order valence-corrected chi connectivity index (χ4v) is 1.84. The molecule has 2 aromatic rings. The summed E-state index contributed by atoms with van der Waals surface area (Å²) in [6, 6.07) is 7.00. The van der Waals surface area contributed by atoms with Gasteiger partial charge in [-0.15, -0.1) is 10.2 Å². The zero-order chi connectivity index (χ0) is 17.7. The first-order valence-corrected chi connectivity index (χ1v) is 6.54. The molecule has 0 saturated heterocycles. The number of nitrogens with zero attached hydrogens (tertiary/aromatic N) is 4. The fraction of sp³-hybridized carbons (Fsp3) is 0.286. The summed E-state index contributed by atoms with van der Waals surface area (Å²) < 4.78 is 46.8. The van der Waals surface area contributed by atoms with E-state index in [1.807, 2.05) is 6.07 Å². The first-order chi connectivity index (χ1) is 11.3. The van der Waals surface area contributed by atoms with E-state index in [9.17, 15) is 18.0 Å². The van der Waals surface area contributed by atoms with Crippen molar-refractivity contribution in [3.05, 3.63) is 45.9 Å². The predicted octanol–water partition coefficient (Wildman–Crippen LogP) is 1.51. The Kier molecular flexibility index (Phi) is 5.03. The number of methoxy groups -OCH3 is 1. The summed E-state index contributed by atoms with van der Waals surface area (Å²) in [5, 5.41) is 16.2. The topological polar surface area (TPSA) is 90.0 Å². The Labute approximate surface area is 133 Å². The van der Waals surface area contributed by atoms with E-state index in [0.717, 1.165) is 0 Å². The minimum absolute atomic E-state index is 0.0594. The molecule has 0 aliphatic rings. The van der Waals surface area contributed by atoms with Crippen LogP contribution in [0.1, 0.15) is 11.3 Å². The highest BCUT2D eigenvalue weighted by Gasteiger charge is 2.28. The molecule has 2 aromatic heterocycles. The molecular weight excluding hydrogens is 329 g/mol. The lowest BCUT2D eigenvalue weighted by Crippen LogP contribution is -2.23. The summed E-state index contributed by atoms with van der Waals surface area (Å²) in [7, 11) is 1.31. The van der Waals surface area contributed by atoms with E-state index in [1.54, 1.807) is 0 Å². The maximum atomic E-state index is 12.1. The predicted molar refractivity (Wildman–Crippen MR) is 74.7 cm³/mol. The molecule has 10 heteroatoms. The second-order valence-electron chi connectivity index (χ2n) is 4.56. The van der Waals surface area contributed by atoms with Crippen molar-refractivity contribution in [3.8, 4) is 17.8 Å². The number of ether oxygens (including phenoxy) is 2. The van der Waals surface area contributed by atoms with Crippen molar-refractivity contribution in [1.29, 1.82) is 5.26 Å². The van der Waals surface area contributed by atoms with Gasteiger partial charge >= 0.3 is 6.18 Å². The lowest BCUT2D eigenvalue weighted by atomic mass is 10.2.